The SMILES string of the molecule is Cc1noc(C)c1CN(Cc1cnn(C)c1)C(C)C. The van der Waals surface area contributed by atoms with E-state index in [1.807, 2.05) is 31.8 Å². The van der Waals surface area contributed by atoms with Crippen molar-refractivity contribution in [1.82, 2.24) is 19.8 Å². The summed E-state index contributed by atoms with van der Waals surface area (Å²) < 4.78 is 7.07. The lowest BCUT2D eigenvalue weighted by atomic mass is 10.1. The molecule has 0 saturated carbocycles. The minimum Gasteiger partial charge on any atom is -0.361 e. The van der Waals surface area contributed by atoms with E-state index in [2.05, 4.69) is 35.2 Å². The van der Waals surface area contributed by atoms with E-state index in [0.29, 0.717) is 6.04 Å². The van der Waals surface area contributed by atoms with Crippen molar-refractivity contribution in [2.75, 3.05) is 0 Å². The Balaban J connectivity index is 2.13. The maximum Gasteiger partial charge on any atom is 0.138 e. The molecule has 0 N–H and O–H groups in total. The van der Waals surface area contributed by atoms with E-state index in [9.17, 15) is 0 Å². The van der Waals surface area contributed by atoms with Crippen molar-refractivity contribution in [3.05, 3.63) is 35.0 Å². The van der Waals surface area contributed by atoms with E-state index < -0.39 is 0 Å². The van der Waals surface area contributed by atoms with Crippen LogP contribution in [0.2, 0.25) is 0 Å². The molecule has 0 bridgehead atoms. The molecule has 19 heavy (non-hydrogen) atoms. The van der Waals surface area contributed by atoms with Crippen LogP contribution in [0.25, 0.3) is 0 Å². The summed E-state index contributed by atoms with van der Waals surface area (Å²) in [6.45, 7) is 10.1. The fourth-order valence-corrected chi connectivity index (χ4v) is 2.14. The Morgan fingerprint density at radius 1 is 1.32 bits per heavy atom. The molecule has 0 aliphatic carbocycles. The summed E-state index contributed by atoms with van der Waals surface area (Å²) in [5, 5.41) is 8.24. The Morgan fingerprint density at radius 3 is 2.53 bits per heavy atom. The first kappa shape index (κ1) is 13.8. The molecule has 2 heterocycles. The molecular formula is C14H22N4O. The monoisotopic (exact) mass is 262 g/mol. The van der Waals surface area contributed by atoms with Gasteiger partial charge in [0, 0.05) is 43.5 Å². The Kier molecular flexibility index (Phi) is 4.04. The lowest BCUT2D eigenvalue weighted by Crippen LogP contribution is -2.30. The van der Waals surface area contributed by atoms with Crippen molar-refractivity contribution >= 4 is 0 Å². The Bertz CT molecular complexity index is 522. The van der Waals surface area contributed by atoms with Crippen molar-refractivity contribution in [2.45, 2.75) is 46.8 Å². The van der Waals surface area contributed by atoms with Gasteiger partial charge in [-0.2, -0.15) is 5.10 Å². The van der Waals surface area contributed by atoms with Crippen LogP contribution >= 0.6 is 0 Å². The molecule has 0 radical (unpaired) electrons. The summed E-state index contributed by atoms with van der Waals surface area (Å²) in [6, 6.07) is 0.453. The van der Waals surface area contributed by atoms with Gasteiger partial charge in [-0.15, -0.1) is 0 Å². The van der Waals surface area contributed by atoms with Gasteiger partial charge in [-0.3, -0.25) is 9.58 Å². The highest BCUT2D eigenvalue weighted by molar-refractivity contribution is 5.20. The normalized spacial score (nSPS) is 11.7. The summed E-state index contributed by atoms with van der Waals surface area (Å²) in [4.78, 5) is 2.39. The van der Waals surface area contributed by atoms with Gasteiger partial charge in [0.2, 0.25) is 0 Å². The second-order valence-corrected chi connectivity index (χ2v) is 5.32. The zero-order valence-corrected chi connectivity index (χ0v) is 12.3. The Morgan fingerprint density at radius 2 is 2.05 bits per heavy atom. The van der Waals surface area contributed by atoms with Crippen molar-refractivity contribution in [2.24, 2.45) is 7.05 Å². The molecule has 0 aliphatic rings. The average molecular weight is 262 g/mol. The molecule has 0 spiro atoms. The van der Waals surface area contributed by atoms with Crippen LogP contribution in [0.1, 0.15) is 36.4 Å². The van der Waals surface area contributed by atoms with Gasteiger partial charge in [-0.25, -0.2) is 0 Å². The number of nitrogens with zero attached hydrogens (tertiary/aromatic N) is 4. The second-order valence-electron chi connectivity index (χ2n) is 5.32. The maximum absolute atomic E-state index is 5.24. The number of rotatable bonds is 5. The third-order valence-corrected chi connectivity index (χ3v) is 3.42. The van der Waals surface area contributed by atoms with Crippen LogP contribution in [0, 0.1) is 13.8 Å². The van der Waals surface area contributed by atoms with Gasteiger partial charge in [0.15, 0.2) is 0 Å². The van der Waals surface area contributed by atoms with E-state index in [-0.39, 0.29) is 0 Å². The van der Waals surface area contributed by atoms with Crippen molar-refractivity contribution < 1.29 is 4.52 Å². The number of aryl methyl sites for hydroxylation is 3. The quantitative estimate of drug-likeness (QED) is 0.830. The molecule has 5 heteroatoms. The smallest absolute Gasteiger partial charge is 0.138 e. The van der Waals surface area contributed by atoms with Gasteiger partial charge in [0.05, 0.1) is 11.9 Å². The molecular weight excluding hydrogens is 240 g/mol. The highest BCUT2D eigenvalue weighted by Gasteiger charge is 2.17. The fourth-order valence-electron chi connectivity index (χ4n) is 2.14. The first-order valence-corrected chi connectivity index (χ1v) is 6.60. The standard InChI is InChI=1S/C14H22N4O/c1-10(2)18(8-13-6-15-17(5)7-13)9-14-11(3)16-19-12(14)4/h6-7,10H,8-9H2,1-5H3. The molecule has 2 aromatic heterocycles. The molecule has 0 amide bonds. The highest BCUT2D eigenvalue weighted by Crippen LogP contribution is 2.18. The lowest BCUT2D eigenvalue weighted by Gasteiger charge is -2.25. The molecule has 0 aliphatic heterocycles. The minimum atomic E-state index is 0.453. The predicted octanol–water partition coefficient (Wildman–Crippen LogP) is 2.44. The fraction of sp³-hybridized carbons (Fsp3) is 0.571. The molecule has 0 unspecified atom stereocenters. The summed E-state index contributed by atoms with van der Waals surface area (Å²) >= 11 is 0. The molecule has 0 atom stereocenters. The number of hydrogen-bond donors (Lipinski definition) is 0. The largest absolute Gasteiger partial charge is 0.361 e. The van der Waals surface area contributed by atoms with Crippen LogP contribution in [0.4, 0.5) is 0 Å². The number of hydrogen-bond acceptors (Lipinski definition) is 4. The zero-order valence-electron chi connectivity index (χ0n) is 12.3. The van der Waals surface area contributed by atoms with Gasteiger partial charge in [-0.05, 0) is 27.7 Å². The van der Waals surface area contributed by atoms with Crippen molar-refractivity contribution in [3.63, 3.8) is 0 Å². The summed E-state index contributed by atoms with van der Waals surface area (Å²) in [5.74, 6) is 0.911. The van der Waals surface area contributed by atoms with Crippen molar-refractivity contribution in [3.8, 4) is 0 Å². The number of aromatic nitrogens is 3. The van der Waals surface area contributed by atoms with Crippen molar-refractivity contribution in [1.29, 1.82) is 0 Å². The first-order valence-electron chi connectivity index (χ1n) is 6.60. The lowest BCUT2D eigenvalue weighted by molar-refractivity contribution is 0.202. The van der Waals surface area contributed by atoms with Gasteiger partial charge >= 0.3 is 0 Å². The van der Waals surface area contributed by atoms with Gasteiger partial charge in [-0.1, -0.05) is 5.16 Å². The highest BCUT2D eigenvalue weighted by atomic mass is 16.5. The van der Waals surface area contributed by atoms with Crippen LogP contribution in [0.5, 0.6) is 0 Å². The molecule has 0 aromatic carbocycles. The van der Waals surface area contributed by atoms with E-state index >= 15 is 0 Å². The van der Waals surface area contributed by atoms with E-state index in [1.165, 1.54) is 11.1 Å². The third-order valence-electron chi connectivity index (χ3n) is 3.42. The molecule has 5 nitrogen and oxygen atoms in total. The summed E-state index contributed by atoms with van der Waals surface area (Å²) in [6.07, 6.45) is 3.98. The molecule has 2 rings (SSSR count). The summed E-state index contributed by atoms with van der Waals surface area (Å²) in [7, 11) is 1.94. The molecule has 104 valence electrons. The molecule has 0 fully saturated rings. The van der Waals surface area contributed by atoms with Crippen LogP contribution < -0.4 is 0 Å². The Hall–Kier alpha value is -1.62. The van der Waals surface area contributed by atoms with Gasteiger partial charge in [0.25, 0.3) is 0 Å². The maximum atomic E-state index is 5.24. The summed E-state index contributed by atoms with van der Waals surface area (Å²) in [5.41, 5.74) is 3.40. The van der Waals surface area contributed by atoms with Crippen LogP contribution in [-0.2, 0) is 20.1 Å². The van der Waals surface area contributed by atoms with E-state index in [4.69, 9.17) is 4.52 Å². The van der Waals surface area contributed by atoms with Gasteiger partial charge in [0.1, 0.15) is 5.76 Å². The topological polar surface area (TPSA) is 47.1 Å². The van der Waals surface area contributed by atoms with Crippen LogP contribution in [0.15, 0.2) is 16.9 Å². The van der Waals surface area contributed by atoms with Crippen LogP contribution in [-0.4, -0.2) is 25.9 Å². The second kappa shape index (κ2) is 5.57. The third kappa shape index (κ3) is 3.23. The first-order chi connectivity index (χ1) is 8.97. The average Bonchev–Trinajstić information content (AvgIpc) is 2.88. The zero-order chi connectivity index (χ0) is 14.0. The van der Waals surface area contributed by atoms with Gasteiger partial charge < -0.3 is 4.52 Å². The van der Waals surface area contributed by atoms with E-state index in [0.717, 1.165) is 24.5 Å². The predicted molar refractivity (Wildman–Crippen MR) is 73.6 cm³/mol. The Labute approximate surface area is 114 Å². The molecule has 2 aromatic rings. The minimum absolute atomic E-state index is 0.453. The van der Waals surface area contributed by atoms with E-state index in [1.54, 1.807) is 0 Å². The van der Waals surface area contributed by atoms with Crippen LogP contribution in [0.3, 0.4) is 0 Å². The molecule has 0 saturated heterocycles.